The monoisotopic (exact) mass is 546 g/mol. The van der Waals surface area contributed by atoms with Crippen molar-refractivity contribution in [3.05, 3.63) is 82.6 Å². The van der Waals surface area contributed by atoms with Gasteiger partial charge in [0.2, 0.25) is 11.8 Å². The van der Waals surface area contributed by atoms with Crippen molar-refractivity contribution in [2.45, 2.75) is 39.3 Å². The lowest BCUT2D eigenvalue weighted by Gasteiger charge is -2.38. The molecule has 212 valence electrons. The standard InChI is InChI=1S/C31H38N4O5/c1-4-29(36)35-11-10-23-8-9-25(19-26(23)30(35)24-7-5-6-22(2)18-24)39-21-28-32-27(20-40-28)31(37)34-14-12-33(13-15-34)16-17-38-3/h5-9,18-20,30H,4,10-17,21H2,1-3H3. The molecule has 1 atom stereocenters. The van der Waals surface area contributed by atoms with Crippen molar-refractivity contribution in [3.8, 4) is 5.75 Å². The van der Waals surface area contributed by atoms with Crippen molar-refractivity contribution < 1.29 is 23.5 Å². The van der Waals surface area contributed by atoms with Gasteiger partial charge in [-0.05, 0) is 42.2 Å². The molecule has 2 aromatic carbocycles. The molecular formula is C31H38N4O5. The minimum Gasteiger partial charge on any atom is -0.484 e. The summed E-state index contributed by atoms with van der Waals surface area (Å²) in [6.07, 6.45) is 2.67. The Balaban J connectivity index is 1.27. The van der Waals surface area contributed by atoms with Crippen LogP contribution in [0.25, 0.3) is 0 Å². The minimum absolute atomic E-state index is 0.101. The number of hydrogen-bond acceptors (Lipinski definition) is 7. The first-order valence-electron chi connectivity index (χ1n) is 14.0. The third-order valence-corrected chi connectivity index (χ3v) is 7.73. The van der Waals surface area contributed by atoms with Gasteiger partial charge in [-0.25, -0.2) is 4.98 Å². The molecular weight excluding hydrogens is 508 g/mol. The fourth-order valence-electron chi connectivity index (χ4n) is 5.53. The lowest BCUT2D eigenvalue weighted by molar-refractivity contribution is -0.132. The van der Waals surface area contributed by atoms with Crippen LogP contribution in [0.3, 0.4) is 0 Å². The number of carbonyl (C=O) groups is 2. The number of aromatic nitrogens is 1. The van der Waals surface area contributed by atoms with E-state index in [1.165, 1.54) is 11.8 Å². The molecule has 5 rings (SSSR count). The highest BCUT2D eigenvalue weighted by atomic mass is 16.5. The van der Waals surface area contributed by atoms with Crippen LogP contribution in [0.15, 0.2) is 53.1 Å². The van der Waals surface area contributed by atoms with E-state index in [2.05, 4.69) is 41.1 Å². The summed E-state index contributed by atoms with van der Waals surface area (Å²) in [5.41, 5.74) is 4.83. The van der Waals surface area contributed by atoms with E-state index in [1.807, 2.05) is 34.9 Å². The molecule has 9 heteroatoms. The van der Waals surface area contributed by atoms with Gasteiger partial charge in [0.05, 0.1) is 12.6 Å². The van der Waals surface area contributed by atoms with Gasteiger partial charge in [0.1, 0.15) is 12.0 Å². The van der Waals surface area contributed by atoms with E-state index >= 15 is 0 Å². The molecule has 2 amide bonds. The SMILES string of the molecule is CCC(=O)N1CCc2ccc(OCc3nc(C(=O)N4CCN(CCOC)CC4)co3)cc2C1c1cccc(C)c1. The first kappa shape index (κ1) is 27.9. The van der Waals surface area contributed by atoms with Crippen LogP contribution in [-0.2, 0) is 22.6 Å². The molecule has 3 aromatic rings. The van der Waals surface area contributed by atoms with Crippen molar-refractivity contribution in [3.63, 3.8) is 0 Å². The van der Waals surface area contributed by atoms with E-state index in [9.17, 15) is 9.59 Å². The number of carbonyl (C=O) groups excluding carboxylic acids is 2. The van der Waals surface area contributed by atoms with Gasteiger partial charge in [-0.3, -0.25) is 14.5 Å². The van der Waals surface area contributed by atoms with Gasteiger partial charge in [0.15, 0.2) is 12.3 Å². The third kappa shape index (κ3) is 6.21. The summed E-state index contributed by atoms with van der Waals surface area (Å²) in [6.45, 7) is 9.24. The zero-order valence-corrected chi connectivity index (χ0v) is 23.6. The number of amides is 2. The number of benzene rings is 2. The molecule has 9 nitrogen and oxygen atoms in total. The second-order valence-electron chi connectivity index (χ2n) is 10.4. The molecule has 0 spiro atoms. The van der Waals surface area contributed by atoms with Gasteiger partial charge < -0.3 is 23.7 Å². The molecule has 1 saturated heterocycles. The number of oxazole rings is 1. The second-order valence-corrected chi connectivity index (χ2v) is 10.4. The summed E-state index contributed by atoms with van der Waals surface area (Å²) >= 11 is 0. The van der Waals surface area contributed by atoms with Crippen molar-refractivity contribution in [1.29, 1.82) is 0 Å². The minimum atomic E-state index is -0.166. The Bertz CT molecular complexity index is 1330. The Morgan fingerprint density at radius 3 is 2.65 bits per heavy atom. The zero-order chi connectivity index (χ0) is 28.1. The summed E-state index contributed by atoms with van der Waals surface area (Å²) in [5.74, 6) is 1.02. The van der Waals surface area contributed by atoms with E-state index in [4.69, 9.17) is 13.9 Å². The Labute approximate surface area is 235 Å². The molecule has 2 aliphatic heterocycles. The summed E-state index contributed by atoms with van der Waals surface area (Å²) in [5, 5.41) is 0. The maximum Gasteiger partial charge on any atom is 0.275 e. The quantitative estimate of drug-likeness (QED) is 0.403. The van der Waals surface area contributed by atoms with Crippen LogP contribution < -0.4 is 4.74 Å². The first-order valence-corrected chi connectivity index (χ1v) is 14.0. The highest BCUT2D eigenvalue weighted by molar-refractivity contribution is 5.92. The van der Waals surface area contributed by atoms with E-state index in [-0.39, 0.29) is 24.5 Å². The molecule has 1 fully saturated rings. The molecule has 1 aromatic heterocycles. The molecule has 1 unspecified atom stereocenters. The highest BCUT2D eigenvalue weighted by Gasteiger charge is 2.32. The number of fused-ring (bicyclic) bond motifs is 1. The van der Waals surface area contributed by atoms with Crippen LogP contribution in [-0.4, -0.2) is 84.5 Å². The fourth-order valence-corrected chi connectivity index (χ4v) is 5.53. The molecule has 0 radical (unpaired) electrons. The predicted octanol–water partition coefficient (Wildman–Crippen LogP) is 3.85. The number of hydrogen-bond donors (Lipinski definition) is 0. The number of methoxy groups -OCH3 is 1. The van der Waals surface area contributed by atoms with Gasteiger partial charge in [-0.15, -0.1) is 0 Å². The van der Waals surface area contributed by atoms with Crippen LogP contribution in [0.1, 0.15) is 58.0 Å². The number of aryl methyl sites for hydroxylation is 1. The highest BCUT2D eigenvalue weighted by Crippen LogP contribution is 2.38. The van der Waals surface area contributed by atoms with Crippen LogP contribution in [0.5, 0.6) is 5.75 Å². The number of rotatable bonds is 9. The molecule has 2 aliphatic rings. The Kier molecular flexibility index (Phi) is 8.81. The van der Waals surface area contributed by atoms with Gasteiger partial charge in [-0.1, -0.05) is 42.8 Å². The Morgan fingerprint density at radius 1 is 1.07 bits per heavy atom. The lowest BCUT2D eigenvalue weighted by Crippen LogP contribution is -2.49. The van der Waals surface area contributed by atoms with E-state index in [0.717, 1.165) is 42.7 Å². The van der Waals surface area contributed by atoms with Crippen LogP contribution in [0.4, 0.5) is 0 Å². The largest absolute Gasteiger partial charge is 0.484 e. The average Bonchev–Trinajstić information content (AvgIpc) is 3.47. The smallest absolute Gasteiger partial charge is 0.275 e. The lowest BCUT2D eigenvalue weighted by atomic mass is 9.87. The summed E-state index contributed by atoms with van der Waals surface area (Å²) in [4.78, 5) is 36.3. The number of nitrogens with zero attached hydrogens (tertiary/aromatic N) is 4. The maximum atomic E-state index is 13.0. The van der Waals surface area contributed by atoms with Crippen LogP contribution in [0, 0.1) is 6.92 Å². The van der Waals surface area contributed by atoms with Crippen molar-refractivity contribution in [2.24, 2.45) is 0 Å². The Morgan fingerprint density at radius 2 is 1.90 bits per heavy atom. The predicted molar refractivity (Wildman–Crippen MR) is 150 cm³/mol. The topological polar surface area (TPSA) is 88.4 Å². The summed E-state index contributed by atoms with van der Waals surface area (Å²) in [7, 11) is 1.70. The van der Waals surface area contributed by atoms with Gasteiger partial charge in [0, 0.05) is 52.8 Å². The summed E-state index contributed by atoms with van der Waals surface area (Å²) in [6, 6.07) is 14.2. The normalized spacial score (nSPS) is 17.5. The zero-order valence-electron chi connectivity index (χ0n) is 23.6. The van der Waals surface area contributed by atoms with E-state index in [1.54, 1.807) is 7.11 Å². The molecule has 0 aliphatic carbocycles. The van der Waals surface area contributed by atoms with Gasteiger partial charge in [0.25, 0.3) is 5.91 Å². The van der Waals surface area contributed by atoms with E-state index < -0.39 is 0 Å². The number of ether oxygens (including phenoxy) is 2. The van der Waals surface area contributed by atoms with Crippen molar-refractivity contribution in [2.75, 3.05) is 53.0 Å². The molecule has 40 heavy (non-hydrogen) atoms. The first-order chi connectivity index (χ1) is 19.5. The van der Waals surface area contributed by atoms with Gasteiger partial charge in [-0.2, -0.15) is 0 Å². The van der Waals surface area contributed by atoms with E-state index in [0.29, 0.717) is 50.0 Å². The van der Waals surface area contributed by atoms with Gasteiger partial charge >= 0.3 is 0 Å². The second kappa shape index (κ2) is 12.7. The molecule has 0 bridgehead atoms. The fraction of sp³-hybridized carbons (Fsp3) is 0.452. The Hall–Kier alpha value is -3.69. The van der Waals surface area contributed by atoms with Crippen molar-refractivity contribution >= 4 is 11.8 Å². The van der Waals surface area contributed by atoms with Crippen LogP contribution in [0.2, 0.25) is 0 Å². The third-order valence-electron chi connectivity index (χ3n) is 7.73. The molecule has 0 saturated carbocycles. The van der Waals surface area contributed by atoms with Crippen LogP contribution >= 0.6 is 0 Å². The van der Waals surface area contributed by atoms with Crippen molar-refractivity contribution in [1.82, 2.24) is 19.7 Å². The number of piperazine rings is 1. The maximum absolute atomic E-state index is 13.0. The summed E-state index contributed by atoms with van der Waals surface area (Å²) < 4.78 is 16.8. The molecule has 3 heterocycles. The molecule has 0 N–H and O–H groups in total. The average molecular weight is 547 g/mol.